The average molecular weight is 352 g/mol. The van der Waals surface area contributed by atoms with Gasteiger partial charge in [-0.2, -0.15) is 13.2 Å². The van der Waals surface area contributed by atoms with Crippen molar-refractivity contribution >= 4 is 21.8 Å². The molecule has 0 aromatic heterocycles. The third-order valence-electron chi connectivity index (χ3n) is 3.51. The molecule has 1 N–H and O–H groups in total. The second-order valence-electron chi connectivity index (χ2n) is 4.91. The Hall–Kier alpha value is -1.04. The van der Waals surface area contributed by atoms with Crippen LogP contribution in [0.1, 0.15) is 49.5 Å². The van der Waals surface area contributed by atoms with Gasteiger partial charge < -0.3 is 5.32 Å². The lowest BCUT2D eigenvalue weighted by Crippen LogP contribution is -2.45. The predicted octanol–water partition coefficient (Wildman–Crippen LogP) is 4.78. The van der Waals surface area contributed by atoms with Gasteiger partial charge in [0.05, 0.1) is 5.56 Å². The van der Waals surface area contributed by atoms with Crippen LogP contribution in [0, 0.1) is 0 Å². The van der Waals surface area contributed by atoms with Crippen LogP contribution in [0.25, 0.3) is 0 Å². The molecular formula is C14H17BrF3NO. The van der Waals surface area contributed by atoms with Crippen molar-refractivity contribution in [2.75, 3.05) is 0 Å². The second kappa shape index (κ2) is 6.16. The van der Waals surface area contributed by atoms with Gasteiger partial charge in [-0.3, -0.25) is 4.79 Å². The quantitative estimate of drug-likeness (QED) is 0.831. The van der Waals surface area contributed by atoms with Crippen LogP contribution in [0.4, 0.5) is 13.2 Å². The first-order valence-corrected chi connectivity index (χ1v) is 7.11. The van der Waals surface area contributed by atoms with Gasteiger partial charge in [0.15, 0.2) is 0 Å². The average Bonchev–Trinajstić information content (AvgIpc) is 2.37. The van der Waals surface area contributed by atoms with Crippen LogP contribution in [-0.4, -0.2) is 11.4 Å². The Labute approximate surface area is 124 Å². The van der Waals surface area contributed by atoms with E-state index in [-0.39, 0.29) is 10.0 Å². The van der Waals surface area contributed by atoms with Crippen molar-refractivity contribution in [3.05, 3.63) is 33.8 Å². The molecule has 2 nitrogen and oxygen atoms in total. The molecule has 1 aromatic rings. The number of rotatable bonds is 4. The van der Waals surface area contributed by atoms with Gasteiger partial charge in [-0.1, -0.05) is 29.8 Å². The molecule has 0 aliphatic rings. The van der Waals surface area contributed by atoms with Crippen molar-refractivity contribution in [1.82, 2.24) is 5.32 Å². The zero-order valence-corrected chi connectivity index (χ0v) is 13.2. The Kier molecular flexibility index (Phi) is 5.24. The molecule has 1 amide bonds. The van der Waals surface area contributed by atoms with E-state index in [4.69, 9.17) is 0 Å². The minimum atomic E-state index is -4.49. The standard InChI is InChI=1S/C14H17BrF3NO/c1-4-13(3,5-2)19-12(20)9-6-7-11(15)10(8-9)14(16,17)18/h6-8H,4-5H2,1-3H3,(H,19,20). The molecule has 0 saturated heterocycles. The zero-order valence-electron chi connectivity index (χ0n) is 11.6. The predicted molar refractivity (Wildman–Crippen MR) is 75.6 cm³/mol. The van der Waals surface area contributed by atoms with E-state index in [0.29, 0.717) is 12.8 Å². The van der Waals surface area contributed by atoms with Crippen LogP contribution in [0.5, 0.6) is 0 Å². The van der Waals surface area contributed by atoms with Crippen LogP contribution in [0.3, 0.4) is 0 Å². The zero-order chi connectivity index (χ0) is 15.6. The molecule has 1 rings (SSSR count). The molecule has 0 spiro atoms. The fraction of sp³-hybridized carbons (Fsp3) is 0.500. The summed E-state index contributed by atoms with van der Waals surface area (Å²) in [6, 6.07) is 3.48. The molecule has 0 unspecified atom stereocenters. The van der Waals surface area contributed by atoms with Crippen LogP contribution < -0.4 is 5.32 Å². The van der Waals surface area contributed by atoms with Gasteiger partial charge in [-0.15, -0.1) is 0 Å². The highest BCUT2D eigenvalue weighted by atomic mass is 79.9. The fourth-order valence-electron chi connectivity index (χ4n) is 1.66. The third-order valence-corrected chi connectivity index (χ3v) is 4.20. The number of hydrogen-bond acceptors (Lipinski definition) is 1. The van der Waals surface area contributed by atoms with Crippen molar-refractivity contribution in [2.45, 2.75) is 45.3 Å². The molecule has 0 fully saturated rings. The van der Waals surface area contributed by atoms with E-state index in [1.807, 2.05) is 20.8 Å². The molecule has 0 bridgehead atoms. The van der Waals surface area contributed by atoms with E-state index in [9.17, 15) is 18.0 Å². The summed E-state index contributed by atoms with van der Waals surface area (Å²) in [6.45, 7) is 5.72. The van der Waals surface area contributed by atoms with Gasteiger partial charge in [0, 0.05) is 15.6 Å². The highest BCUT2D eigenvalue weighted by Gasteiger charge is 2.34. The van der Waals surface area contributed by atoms with Crippen molar-refractivity contribution in [2.24, 2.45) is 0 Å². The molecule has 0 aliphatic heterocycles. The maximum atomic E-state index is 12.8. The number of carbonyl (C=O) groups excluding carboxylic acids is 1. The molecule has 0 radical (unpaired) electrons. The number of benzene rings is 1. The molecule has 20 heavy (non-hydrogen) atoms. The molecule has 1 aromatic carbocycles. The molecule has 112 valence electrons. The lowest BCUT2D eigenvalue weighted by Gasteiger charge is -2.28. The Morgan fingerprint density at radius 3 is 2.25 bits per heavy atom. The summed E-state index contributed by atoms with van der Waals surface area (Å²) in [5, 5.41) is 2.79. The lowest BCUT2D eigenvalue weighted by atomic mass is 9.95. The second-order valence-corrected chi connectivity index (χ2v) is 5.77. The first-order chi connectivity index (χ1) is 9.13. The molecule has 0 heterocycles. The highest BCUT2D eigenvalue weighted by Crippen LogP contribution is 2.35. The van der Waals surface area contributed by atoms with Crippen molar-refractivity contribution in [3.63, 3.8) is 0 Å². The Morgan fingerprint density at radius 2 is 1.80 bits per heavy atom. The first-order valence-electron chi connectivity index (χ1n) is 6.32. The number of carbonyl (C=O) groups is 1. The number of amides is 1. The first kappa shape index (κ1) is 17.0. The topological polar surface area (TPSA) is 29.1 Å². The molecule has 0 aliphatic carbocycles. The van der Waals surface area contributed by atoms with Crippen molar-refractivity contribution in [1.29, 1.82) is 0 Å². The van der Waals surface area contributed by atoms with Crippen LogP contribution in [0.15, 0.2) is 22.7 Å². The van der Waals surface area contributed by atoms with E-state index in [1.54, 1.807) is 0 Å². The Morgan fingerprint density at radius 1 is 1.25 bits per heavy atom. The number of hydrogen-bond donors (Lipinski definition) is 1. The number of alkyl halides is 3. The van der Waals surface area contributed by atoms with Crippen LogP contribution >= 0.6 is 15.9 Å². The summed E-state index contributed by atoms with van der Waals surface area (Å²) < 4.78 is 38.3. The largest absolute Gasteiger partial charge is 0.417 e. The van der Waals surface area contributed by atoms with E-state index < -0.39 is 23.2 Å². The van der Waals surface area contributed by atoms with Gasteiger partial charge in [0.1, 0.15) is 0 Å². The maximum absolute atomic E-state index is 12.8. The van der Waals surface area contributed by atoms with Gasteiger partial charge in [-0.05, 0) is 38.0 Å². The Balaban J connectivity index is 3.07. The SMILES string of the molecule is CCC(C)(CC)NC(=O)c1ccc(Br)c(C(F)(F)F)c1. The van der Waals surface area contributed by atoms with E-state index >= 15 is 0 Å². The Bertz CT molecular complexity index is 496. The number of halogens is 4. The maximum Gasteiger partial charge on any atom is 0.417 e. The van der Waals surface area contributed by atoms with Gasteiger partial charge in [0.25, 0.3) is 5.91 Å². The van der Waals surface area contributed by atoms with Crippen LogP contribution in [-0.2, 0) is 6.18 Å². The van der Waals surface area contributed by atoms with Gasteiger partial charge in [-0.25, -0.2) is 0 Å². The van der Waals surface area contributed by atoms with E-state index in [0.717, 1.165) is 6.07 Å². The molecule has 6 heteroatoms. The van der Waals surface area contributed by atoms with Crippen LogP contribution in [0.2, 0.25) is 0 Å². The van der Waals surface area contributed by atoms with E-state index in [2.05, 4.69) is 21.2 Å². The number of nitrogens with one attached hydrogen (secondary N) is 1. The minimum absolute atomic E-state index is 0.00801. The molecular weight excluding hydrogens is 335 g/mol. The molecule has 0 atom stereocenters. The van der Waals surface area contributed by atoms with Crippen molar-refractivity contribution in [3.8, 4) is 0 Å². The normalized spacial score (nSPS) is 12.3. The summed E-state index contributed by atoms with van der Waals surface area (Å²) >= 11 is 2.85. The third kappa shape index (κ3) is 3.98. The summed E-state index contributed by atoms with van der Waals surface area (Å²) in [6.07, 6.45) is -3.08. The van der Waals surface area contributed by atoms with Gasteiger partial charge >= 0.3 is 6.18 Å². The fourth-order valence-corrected chi connectivity index (χ4v) is 2.13. The minimum Gasteiger partial charge on any atom is -0.347 e. The summed E-state index contributed by atoms with van der Waals surface area (Å²) in [7, 11) is 0. The smallest absolute Gasteiger partial charge is 0.347 e. The van der Waals surface area contributed by atoms with Gasteiger partial charge in [0.2, 0.25) is 0 Å². The highest BCUT2D eigenvalue weighted by molar-refractivity contribution is 9.10. The lowest BCUT2D eigenvalue weighted by molar-refractivity contribution is -0.138. The summed E-state index contributed by atoms with van der Waals surface area (Å²) in [5.74, 6) is -0.491. The van der Waals surface area contributed by atoms with E-state index in [1.165, 1.54) is 12.1 Å². The summed E-state index contributed by atoms with van der Waals surface area (Å²) in [4.78, 5) is 12.1. The summed E-state index contributed by atoms with van der Waals surface area (Å²) in [5.41, 5.74) is -1.25. The van der Waals surface area contributed by atoms with Crippen molar-refractivity contribution < 1.29 is 18.0 Å². The molecule has 0 saturated carbocycles. The monoisotopic (exact) mass is 351 g/mol.